The quantitative estimate of drug-likeness (QED) is 0.652. The molecule has 3 nitrogen and oxygen atoms in total. The van der Waals surface area contributed by atoms with Crippen LogP contribution in [0.15, 0.2) is 0 Å². The van der Waals surface area contributed by atoms with Crippen molar-refractivity contribution in [2.75, 3.05) is 5.75 Å². The van der Waals surface area contributed by atoms with E-state index in [2.05, 4.69) is 0 Å². The van der Waals surface area contributed by atoms with E-state index in [1.807, 2.05) is 20.8 Å². The Labute approximate surface area is 63.2 Å². The highest BCUT2D eigenvalue weighted by Crippen LogP contribution is 1.90. The van der Waals surface area contributed by atoms with Crippen LogP contribution >= 0.6 is 0 Å². The largest absolute Gasteiger partial charge is 0.286 e. The second-order valence-electron chi connectivity index (χ2n) is 1.64. The van der Waals surface area contributed by atoms with Gasteiger partial charge in [0.25, 0.3) is 10.1 Å². The Bertz CT molecular complexity index is 137. The zero-order chi connectivity index (χ0) is 8.62. The van der Waals surface area contributed by atoms with Crippen LogP contribution in [0.3, 0.4) is 0 Å². The number of hydrogen-bond donors (Lipinski definition) is 1. The number of rotatable bonds is 3. The molecule has 10 heavy (non-hydrogen) atoms. The van der Waals surface area contributed by atoms with Gasteiger partial charge < -0.3 is 0 Å². The summed E-state index contributed by atoms with van der Waals surface area (Å²) in [4.78, 5) is 0. The van der Waals surface area contributed by atoms with Crippen molar-refractivity contribution in [1.29, 1.82) is 0 Å². The van der Waals surface area contributed by atoms with Crippen molar-refractivity contribution >= 4 is 10.1 Å². The lowest BCUT2D eigenvalue weighted by atomic mass is 10.4. The Morgan fingerprint density at radius 1 is 1.30 bits per heavy atom. The summed E-state index contributed by atoms with van der Waals surface area (Å²) >= 11 is 0. The summed E-state index contributed by atoms with van der Waals surface area (Å²) in [6, 6.07) is 0. The molecule has 4 heteroatoms. The molecule has 0 fully saturated rings. The van der Waals surface area contributed by atoms with E-state index in [1.165, 1.54) is 0 Å². The SMILES string of the molecule is CC.CCCCS(=O)(=O)O. The third-order valence-electron chi connectivity index (χ3n) is 0.756. The van der Waals surface area contributed by atoms with Gasteiger partial charge in [-0.15, -0.1) is 0 Å². The van der Waals surface area contributed by atoms with Gasteiger partial charge in [0.05, 0.1) is 5.75 Å². The highest BCUT2D eigenvalue weighted by Gasteiger charge is 2.00. The minimum Gasteiger partial charge on any atom is -0.286 e. The molecule has 0 atom stereocenters. The molecule has 1 N–H and O–H groups in total. The molecule has 0 rings (SSSR count). The highest BCUT2D eigenvalue weighted by molar-refractivity contribution is 7.85. The molecule has 0 saturated carbocycles. The lowest BCUT2D eigenvalue weighted by molar-refractivity contribution is 0.480. The monoisotopic (exact) mass is 168 g/mol. The number of hydrogen-bond acceptors (Lipinski definition) is 2. The van der Waals surface area contributed by atoms with Crippen LogP contribution in [0.25, 0.3) is 0 Å². The van der Waals surface area contributed by atoms with E-state index < -0.39 is 10.1 Å². The Kier molecular flexibility index (Phi) is 8.83. The van der Waals surface area contributed by atoms with Crippen LogP contribution in [-0.4, -0.2) is 18.7 Å². The van der Waals surface area contributed by atoms with Crippen LogP contribution in [0.2, 0.25) is 0 Å². The van der Waals surface area contributed by atoms with Gasteiger partial charge >= 0.3 is 0 Å². The van der Waals surface area contributed by atoms with E-state index in [9.17, 15) is 8.42 Å². The zero-order valence-corrected chi connectivity index (χ0v) is 7.61. The molecule has 0 aromatic heterocycles. The molecule has 0 radical (unpaired) electrons. The third-order valence-corrected chi connectivity index (χ3v) is 1.56. The first kappa shape index (κ1) is 12.6. The van der Waals surface area contributed by atoms with Crippen molar-refractivity contribution in [3.05, 3.63) is 0 Å². The summed E-state index contributed by atoms with van der Waals surface area (Å²) in [5, 5.41) is 0. The molecule has 0 bridgehead atoms. The first-order valence-corrected chi connectivity index (χ1v) is 5.12. The van der Waals surface area contributed by atoms with Crippen LogP contribution in [0.1, 0.15) is 33.6 Å². The second kappa shape index (κ2) is 7.02. The second-order valence-corrected chi connectivity index (χ2v) is 3.21. The molecule has 0 aromatic rings. The molecule has 0 aromatic carbocycles. The van der Waals surface area contributed by atoms with Gasteiger partial charge in [0.1, 0.15) is 0 Å². The smallest absolute Gasteiger partial charge is 0.264 e. The maximum absolute atomic E-state index is 9.95. The molecular weight excluding hydrogens is 152 g/mol. The molecule has 0 heterocycles. The Hall–Kier alpha value is -0.0900. The fourth-order valence-electron chi connectivity index (χ4n) is 0.327. The molecule has 0 aliphatic heterocycles. The van der Waals surface area contributed by atoms with Gasteiger partial charge in [-0.05, 0) is 6.42 Å². The van der Waals surface area contributed by atoms with E-state index in [-0.39, 0.29) is 5.75 Å². The van der Waals surface area contributed by atoms with Crippen LogP contribution in [0.4, 0.5) is 0 Å². The van der Waals surface area contributed by atoms with Crippen LogP contribution in [0.5, 0.6) is 0 Å². The minimum absolute atomic E-state index is 0.108. The minimum atomic E-state index is -3.69. The molecule has 0 amide bonds. The summed E-state index contributed by atoms with van der Waals surface area (Å²) in [7, 11) is -3.69. The Balaban J connectivity index is 0. The Morgan fingerprint density at radius 2 is 1.70 bits per heavy atom. The molecule has 64 valence electrons. The fourth-order valence-corrected chi connectivity index (χ4v) is 0.980. The van der Waals surface area contributed by atoms with Gasteiger partial charge in [-0.2, -0.15) is 8.42 Å². The Morgan fingerprint density at radius 3 is 1.80 bits per heavy atom. The fraction of sp³-hybridized carbons (Fsp3) is 1.00. The van der Waals surface area contributed by atoms with Crippen molar-refractivity contribution in [1.82, 2.24) is 0 Å². The van der Waals surface area contributed by atoms with Gasteiger partial charge in [0, 0.05) is 0 Å². The topological polar surface area (TPSA) is 54.4 Å². The lowest BCUT2D eigenvalue weighted by Gasteiger charge is -1.90. The van der Waals surface area contributed by atoms with Gasteiger partial charge in [0.2, 0.25) is 0 Å². The first-order valence-electron chi connectivity index (χ1n) is 3.51. The number of unbranched alkanes of at least 4 members (excludes halogenated alkanes) is 1. The predicted molar refractivity (Wildman–Crippen MR) is 42.7 cm³/mol. The van der Waals surface area contributed by atoms with E-state index in [1.54, 1.807) is 0 Å². The van der Waals surface area contributed by atoms with Crippen molar-refractivity contribution < 1.29 is 13.0 Å². The normalized spacial score (nSPS) is 10.0. The summed E-state index contributed by atoms with van der Waals surface area (Å²) in [5.41, 5.74) is 0. The molecular formula is C6H16O3S. The van der Waals surface area contributed by atoms with Crippen molar-refractivity contribution in [3.8, 4) is 0 Å². The van der Waals surface area contributed by atoms with Gasteiger partial charge in [0.15, 0.2) is 0 Å². The van der Waals surface area contributed by atoms with E-state index in [0.29, 0.717) is 6.42 Å². The summed E-state index contributed by atoms with van der Waals surface area (Å²) in [5.74, 6) is -0.108. The predicted octanol–water partition coefficient (Wildman–Crippen LogP) is 1.70. The molecule has 0 aliphatic rings. The average molecular weight is 168 g/mol. The van der Waals surface area contributed by atoms with Gasteiger partial charge in [-0.3, -0.25) is 4.55 Å². The maximum Gasteiger partial charge on any atom is 0.264 e. The summed E-state index contributed by atoms with van der Waals surface area (Å²) < 4.78 is 28.0. The zero-order valence-electron chi connectivity index (χ0n) is 6.79. The van der Waals surface area contributed by atoms with Crippen molar-refractivity contribution in [2.45, 2.75) is 33.6 Å². The lowest BCUT2D eigenvalue weighted by Crippen LogP contribution is -2.02. The first-order chi connectivity index (χ1) is 4.56. The van der Waals surface area contributed by atoms with Crippen LogP contribution in [-0.2, 0) is 10.1 Å². The highest BCUT2D eigenvalue weighted by atomic mass is 32.2. The van der Waals surface area contributed by atoms with E-state index in [4.69, 9.17) is 4.55 Å². The van der Waals surface area contributed by atoms with Crippen LogP contribution in [0, 0.1) is 0 Å². The summed E-state index contributed by atoms with van der Waals surface area (Å²) in [6.07, 6.45) is 1.33. The van der Waals surface area contributed by atoms with E-state index >= 15 is 0 Å². The van der Waals surface area contributed by atoms with E-state index in [0.717, 1.165) is 6.42 Å². The van der Waals surface area contributed by atoms with Gasteiger partial charge in [-0.25, -0.2) is 0 Å². The summed E-state index contributed by atoms with van der Waals surface area (Å²) in [6.45, 7) is 5.87. The molecule has 0 unspecified atom stereocenters. The van der Waals surface area contributed by atoms with Crippen molar-refractivity contribution in [3.63, 3.8) is 0 Å². The van der Waals surface area contributed by atoms with Gasteiger partial charge in [-0.1, -0.05) is 27.2 Å². The average Bonchev–Trinajstić information content (AvgIpc) is 1.87. The molecule has 0 aliphatic carbocycles. The molecule has 0 saturated heterocycles. The standard InChI is InChI=1S/C4H10O3S.C2H6/c1-2-3-4-8(5,6)7;1-2/h2-4H2,1H3,(H,5,6,7);1-2H3. The van der Waals surface area contributed by atoms with Crippen molar-refractivity contribution in [2.24, 2.45) is 0 Å². The maximum atomic E-state index is 9.95. The van der Waals surface area contributed by atoms with Crippen LogP contribution < -0.4 is 0 Å². The molecule has 0 spiro atoms. The third kappa shape index (κ3) is 15.7.